The van der Waals surface area contributed by atoms with Crippen LogP contribution < -0.4 is 5.32 Å². The van der Waals surface area contributed by atoms with Crippen LogP contribution in [0.5, 0.6) is 0 Å². The molecular weight excluding hydrogens is 154 g/mol. The average Bonchev–Trinajstić information content (AvgIpc) is 2.58. The monoisotopic (exact) mass is 165 g/mol. The number of nitrogens with one attached hydrogen (secondary N) is 1. The van der Waals surface area contributed by atoms with Gasteiger partial charge in [0.15, 0.2) is 0 Å². The van der Waals surface area contributed by atoms with E-state index in [2.05, 4.69) is 5.32 Å². The van der Waals surface area contributed by atoms with Crippen LogP contribution in [0.3, 0.4) is 0 Å². The highest BCUT2D eigenvalue weighted by atomic mass is 16.2. The maximum atomic E-state index is 11.2. The molecule has 2 rings (SSSR count). The van der Waals surface area contributed by atoms with Crippen molar-refractivity contribution < 1.29 is 9.59 Å². The van der Waals surface area contributed by atoms with Gasteiger partial charge in [0.2, 0.25) is 5.91 Å². The third-order valence-corrected chi connectivity index (χ3v) is 2.50. The maximum Gasteiger partial charge on any atom is 0.254 e. The van der Waals surface area contributed by atoms with Crippen LogP contribution >= 0.6 is 0 Å². The quantitative estimate of drug-likeness (QED) is 0.428. The van der Waals surface area contributed by atoms with Gasteiger partial charge >= 0.3 is 0 Å². The van der Waals surface area contributed by atoms with Gasteiger partial charge in [0.05, 0.1) is 6.42 Å². The normalized spacial score (nSPS) is 23.7. The number of imide groups is 1. The first kappa shape index (κ1) is 7.53. The van der Waals surface area contributed by atoms with Crippen LogP contribution in [0.1, 0.15) is 32.1 Å². The SMILES string of the molecule is O=C1CC(=C2CCCC2)C(=O)N1. The predicted molar refractivity (Wildman–Crippen MR) is 43.3 cm³/mol. The zero-order valence-electron chi connectivity index (χ0n) is 6.85. The molecule has 0 radical (unpaired) electrons. The highest BCUT2D eigenvalue weighted by Gasteiger charge is 2.27. The Balaban J connectivity index is 2.27. The Bertz CT molecular complexity index is 270. The van der Waals surface area contributed by atoms with Crippen LogP contribution in [0.15, 0.2) is 11.1 Å². The molecule has 0 unspecified atom stereocenters. The Hall–Kier alpha value is -1.12. The summed E-state index contributed by atoms with van der Waals surface area (Å²) in [7, 11) is 0. The lowest BCUT2D eigenvalue weighted by molar-refractivity contribution is -0.124. The van der Waals surface area contributed by atoms with Gasteiger partial charge in [-0.15, -0.1) is 0 Å². The Labute approximate surface area is 70.8 Å². The summed E-state index contributed by atoms with van der Waals surface area (Å²) >= 11 is 0. The first-order chi connectivity index (χ1) is 5.77. The first-order valence-electron chi connectivity index (χ1n) is 4.32. The van der Waals surface area contributed by atoms with E-state index in [9.17, 15) is 9.59 Å². The molecule has 12 heavy (non-hydrogen) atoms. The van der Waals surface area contributed by atoms with E-state index in [0.29, 0.717) is 6.42 Å². The van der Waals surface area contributed by atoms with Gasteiger partial charge in [-0.3, -0.25) is 14.9 Å². The highest BCUT2D eigenvalue weighted by molar-refractivity contribution is 6.13. The zero-order chi connectivity index (χ0) is 8.55. The lowest BCUT2D eigenvalue weighted by Gasteiger charge is -1.97. The van der Waals surface area contributed by atoms with Crippen molar-refractivity contribution >= 4 is 11.8 Å². The van der Waals surface area contributed by atoms with Crippen molar-refractivity contribution in [3.05, 3.63) is 11.1 Å². The molecule has 2 fully saturated rings. The molecule has 0 aromatic carbocycles. The summed E-state index contributed by atoms with van der Waals surface area (Å²) in [5.74, 6) is -0.300. The Morgan fingerprint density at radius 3 is 2.25 bits per heavy atom. The van der Waals surface area contributed by atoms with Crippen LogP contribution in [-0.4, -0.2) is 11.8 Å². The first-order valence-corrected chi connectivity index (χ1v) is 4.32. The number of hydrogen-bond donors (Lipinski definition) is 1. The number of amides is 2. The predicted octanol–water partition coefficient (Wildman–Crippen LogP) is 0.903. The molecule has 0 atom stereocenters. The lowest BCUT2D eigenvalue weighted by Crippen LogP contribution is -2.19. The molecule has 1 saturated heterocycles. The van der Waals surface area contributed by atoms with Crippen molar-refractivity contribution in [1.82, 2.24) is 5.32 Å². The van der Waals surface area contributed by atoms with Crippen LogP contribution in [-0.2, 0) is 9.59 Å². The average molecular weight is 165 g/mol. The minimum atomic E-state index is -0.156. The molecule has 2 amide bonds. The molecule has 1 N–H and O–H groups in total. The van der Waals surface area contributed by atoms with Gasteiger partial charge in [-0.2, -0.15) is 0 Å². The molecule has 64 valence electrons. The van der Waals surface area contributed by atoms with Gasteiger partial charge in [-0.1, -0.05) is 5.57 Å². The van der Waals surface area contributed by atoms with Crippen molar-refractivity contribution in [2.75, 3.05) is 0 Å². The van der Waals surface area contributed by atoms with E-state index in [0.717, 1.165) is 18.4 Å². The fourth-order valence-electron chi connectivity index (χ4n) is 1.88. The molecule has 1 saturated carbocycles. The second-order valence-electron chi connectivity index (χ2n) is 3.34. The standard InChI is InChI=1S/C9H11NO2/c11-8-5-7(9(12)10-8)6-3-1-2-4-6/h1-5H2,(H,10,11,12). The molecule has 1 heterocycles. The van der Waals surface area contributed by atoms with Crippen LogP contribution in [0.4, 0.5) is 0 Å². The fourth-order valence-corrected chi connectivity index (χ4v) is 1.88. The van der Waals surface area contributed by atoms with Crippen molar-refractivity contribution in [3.8, 4) is 0 Å². The van der Waals surface area contributed by atoms with E-state index >= 15 is 0 Å². The van der Waals surface area contributed by atoms with Gasteiger partial charge < -0.3 is 0 Å². The number of hydrogen-bond acceptors (Lipinski definition) is 2. The van der Waals surface area contributed by atoms with Crippen molar-refractivity contribution in [2.45, 2.75) is 32.1 Å². The van der Waals surface area contributed by atoms with E-state index in [1.165, 1.54) is 18.4 Å². The Morgan fingerprint density at radius 1 is 1.08 bits per heavy atom. The molecule has 3 nitrogen and oxygen atoms in total. The lowest BCUT2D eigenvalue weighted by atomic mass is 10.1. The summed E-state index contributed by atoms with van der Waals surface area (Å²) in [4.78, 5) is 22.0. The Morgan fingerprint density at radius 2 is 1.75 bits per heavy atom. The minimum absolute atomic E-state index is 0.144. The van der Waals surface area contributed by atoms with Crippen molar-refractivity contribution in [3.63, 3.8) is 0 Å². The summed E-state index contributed by atoms with van der Waals surface area (Å²) in [5.41, 5.74) is 1.95. The highest BCUT2D eigenvalue weighted by Crippen LogP contribution is 2.29. The van der Waals surface area contributed by atoms with E-state index in [4.69, 9.17) is 0 Å². The maximum absolute atomic E-state index is 11.2. The largest absolute Gasteiger partial charge is 0.292 e. The topological polar surface area (TPSA) is 46.2 Å². The second-order valence-corrected chi connectivity index (χ2v) is 3.34. The van der Waals surface area contributed by atoms with E-state index in [1.807, 2.05) is 0 Å². The van der Waals surface area contributed by atoms with Gasteiger partial charge in [-0.05, 0) is 25.7 Å². The second kappa shape index (κ2) is 2.73. The molecule has 1 aliphatic carbocycles. The number of allylic oxidation sites excluding steroid dienone is 1. The summed E-state index contributed by atoms with van der Waals surface area (Å²) in [6.07, 6.45) is 4.67. The summed E-state index contributed by atoms with van der Waals surface area (Å²) in [6, 6.07) is 0. The summed E-state index contributed by atoms with van der Waals surface area (Å²) < 4.78 is 0. The summed E-state index contributed by atoms with van der Waals surface area (Å²) in [6.45, 7) is 0. The summed E-state index contributed by atoms with van der Waals surface area (Å²) in [5, 5.41) is 2.31. The van der Waals surface area contributed by atoms with Gasteiger partial charge in [-0.25, -0.2) is 0 Å². The van der Waals surface area contributed by atoms with Gasteiger partial charge in [0.25, 0.3) is 5.91 Å². The molecule has 0 aromatic heterocycles. The van der Waals surface area contributed by atoms with Crippen molar-refractivity contribution in [1.29, 1.82) is 0 Å². The number of rotatable bonds is 0. The minimum Gasteiger partial charge on any atom is -0.292 e. The zero-order valence-corrected chi connectivity index (χ0v) is 6.85. The van der Waals surface area contributed by atoms with Crippen molar-refractivity contribution in [2.24, 2.45) is 0 Å². The number of carbonyl (C=O) groups excluding carboxylic acids is 2. The molecule has 0 bridgehead atoms. The van der Waals surface area contributed by atoms with Crippen LogP contribution in [0.2, 0.25) is 0 Å². The molecule has 3 heteroatoms. The fraction of sp³-hybridized carbons (Fsp3) is 0.556. The molecule has 2 aliphatic rings. The number of carbonyl (C=O) groups is 2. The molecule has 0 spiro atoms. The van der Waals surface area contributed by atoms with Gasteiger partial charge in [0, 0.05) is 5.57 Å². The van der Waals surface area contributed by atoms with E-state index < -0.39 is 0 Å². The smallest absolute Gasteiger partial charge is 0.254 e. The Kier molecular flexibility index (Phi) is 1.71. The molecule has 1 aliphatic heterocycles. The van der Waals surface area contributed by atoms with E-state index in [1.54, 1.807) is 0 Å². The third-order valence-electron chi connectivity index (χ3n) is 2.50. The van der Waals surface area contributed by atoms with Crippen LogP contribution in [0.25, 0.3) is 0 Å². The van der Waals surface area contributed by atoms with E-state index in [-0.39, 0.29) is 11.8 Å². The third kappa shape index (κ3) is 1.15. The van der Waals surface area contributed by atoms with Gasteiger partial charge in [0.1, 0.15) is 0 Å². The molecular formula is C9H11NO2. The van der Waals surface area contributed by atoms with Crippen LogP contribution in [0, 0.1) is 0 Å². The molecule has 0 aromatic rings.